The van der Waals surface area contributed by atoms with Crippen molar-refractivity contribution >= 4 is 17.7 Å². The lowest BCUT2D eigenvalue weighted by Crippen LogP contribution is -2.25. The second kappa shape index (κ2) is 29.9. The SMILES string of the molecule is CCCCC[C@H](O)/C=C/[C@H]1[C@H](O)CC(=O)[C@@H]1CCCCCCC(=O)OC[C@@H](O)COC(=O)CCCCCCCCCCCCCCC(C)C. The molecule has 8 nitrogen and oxygen atoms in total. The number of aliphatic hydroxyl groups excluding tert-OH is 3. The molecule has 5 atom stereocenters. The first-order valence-corrected chi connectivity index (χ1v) is 20.2. The van der Waals surface area contributed by atoms with Crippen LogP contribution in [0, 0.1) is 17.8 Å². The zero-order chi connectivity index (χ0) is 36.1. The number of carbonyl (C=O) groups excluding carboxylic acids is 3. The van der Waals surface area contributed by atoms with Crippen LogP contribution in [-0.4, -0.2) is 64.6 Å². The van der Waals surface area contributed by atoms with E-state index < -0.39 is 18.3 Å². The van der Waals surface area contributed by atoms with Crippen LogP contribution in [0.3, 0.4) is 0 Å². The van der Waals surface area contributed by atoms with Crippen LogP contribution >= 0.6 is 0 Å². The lowest BCUT2D eigenvalue weighted by molar-refractivity contribution is -0.152. The summed E-state index contributed by atoms with van der Waals surface area (Å²) >= 11 is 0. The van der Waals surface area contributed by atoms with E-state index in [2.05, 4.69) is 20.8 Å². The van der Waals surface area contributed by atoms with Crippen molar-refractivity contribution in [2.75, 3.05) is 13.2 Å². The third-order valence-electron chi connectivity index (χ3n) is 9.82. The molecule has 0 unspecified atom stereocenters. The summed E-state index contributed by atoms with van der Waals surface area (Å²) in [5, 5.41) is 30.6. The third-order valence-corrected chi connectivity index (χ3v) is 9.82. The van der Waals surface area contributed by atoms with Crippen molar-refractivity contribution in [1.29, 1.82) is 0 Å². The fourth-order valence-corrected chi connectivity index (χ4v) is 6.70. The van der Waals surface area contributed by atoms with Gasteiger partial charge in [-0.1, -0.05) is 148 Å². The molecule has 0 radical (unpaired) electrons. The quantitative estimate of drug-likeness (QED) is 0.0362. The monoisotopic (exact) mass is 695 g/mol. The maximum absolute atomic E-state index is 12.5. The maximum atomic E-state index is 12.5. The highest BCUT2D eigenvalue weighted by Crippen LogP contribution is 2.34. The van der Waals surface area contributed by atoms with Crippen molar-refractivity contribution in [3.63, 3.8) is 0 Å². The topological polar surface area (TPSA) is 130 Å². The average Bonchev–Trinajstić information content (AvgIpc) is 3.34. The summed E-state index contributed by atoms with van der Waals surface area (Å²) in [5.74, 6) is -0.275. The zero-order valence-corrected chi connectivity index (χ0v) is 31.6. The summed E-state index contributed by atoms with van der Waals surface area (Å²) in [5.41, 5.74) is 0. The van der Waals surface area contributed by atoms with Crippen molar-refractivity contribution in [3.8, 4) is 0 Å². The Morgan fingerprint density at radius 3 is 1.69 bits per heavy atom. The van der Waals surface area contributed by atoms with Gasteiger partial charge in [0.05, 0.1) is 12.2 Å². The molecule has 0 aromatic rings. The summed E-state index contributed by atoms with van der Waals surface area (Å²) < 4.78 is 10.3. The number of ether oxygens (including phenoxy) is 2. The van der Waals surface area contributed by atoms with Gasteiger partial charge in [-0.25, -0.2) is 0 Å². The molecule has 0 aromatic carbocycles. The van der Waals surface area contributed by atoms with Crippen LogP contribution < -0.4 is 0 Å². The summed E-state index contributed by atoms with van der Waals surface area (Å²) in [4.78, 5) is 36.5. The predicted octanol–water partition coefficient (Wildman–Crippen LogP) is 8.96. The number of Topliss-reactive ketones (excluding diaryl/α,β-unsaturated/α-hetero) is 1. The van der Waals surface area contributed by atoms with Crippen molar-refractivity contribution in [2.24, 2.45) is 17.8 Å². The van der Waals surface area contributed by atoms with Crippen molar-refractivity contribution in [2.45, 2.75) is 200 Å². The van der Waals surface area contributed by atoms with E-state index in [1.54, 1.807) is 6.08 Å². The number of rotatable bonds is 32. The van der Waals surface area contributed by atoms with Crippen LogP contribution in [0.2, 0.25) is 0 Å². The number of esters is 2. The second-order valence-corrected chi connectivity index (χ2v) is 15.0. The van der Waals surface area contributed by atoms with Gasteiger partial charge in [-0.2, -0.15) is 0 Å². The molecular formula is C41H74O8. The van der Waals surface area contributed by atoms with Gasteiger partial charge in [0.2, 0.25) is 0 Å². The lowest BCUT2D eigenvalue weighted by atomic mass is 9.88. The third kappa shape index (κ3) is 24.9. The van der Waals surface area contributed by atoms with Gasteiger partial charge < -0.3 is 24.8 Å². The highest BCUT2D eigenvalue weighted by molar-refractivity contribution is 5.84. The van der Waals surface area contributed by atoms with Gasteiger partial charge in [0.1, 0.15) is 25.1 Å². The van der Waals surface area contributed by atoms with Crippen molar-refractivity contribution in [3.05, 3.63) is 12.2 Å². The van der Waals surface area contributed by atoms with E-state index in [0.717, 1.165) is 63.7 Å². The molecule has 8 heteroatoms. The molecule has 0 bridgehead atoms. The van der Waals surface area contributed by atoms with Crippen LogP contribution in [-0.2, 0) is 23.9 Å². The van der Waals surface area contributed by atoms with Gasteiger partial charge in [-0.05, 0) is 31.6 Å². The second-order valence-electron chi connectivity index (χ2n) is 15.0. The predicted molar refractivity (Wildman–Crippen MR) is 197 cm³/mol. The Bertz CT molecular complexity index is 872. The molecule has 3 N–H and O–H groups in total. The van der Waals surface area contributed by atoms with Crippen LogP contribution in [0.25, 0.3) is 0 Å². The zero-order valence-electron chi connectivity index (χ0n) is 31.6. The number of carbonyl (C=O) groups is 3. The number of aliphatic hydroxyl groups is 3. The van der Waals surface area contributed by atoms with E-state index in [1.807, 2.05) is 6.08 Å². The van der Waals surface area contributed by atoms with Gasteiger partial charge in [0.15, 0.2) is 0 Å². The molecule has 0 heterocycles. The summed E-state index contributed by atoms with van der Waals surface area (Å²) in [6.07, 6.45) is 26.0. The van der Waals surface area contributed by atoms with Gasteiger partial charge in [-0.3, -0.25) is 14.4 Å². The molecule has 1 saturated carbocycles. The lowest BCUT2D eigenvalue weighted by Gasteiger charge is -2.18. The first-order valence-electron chi connectivity index (χ1n) is 20.2. The van der Waals surface area contributed by atoms with Crippen LogP contribution in [0.15, 0.2) is 12.2 Å². The Kier molecular flexibility index (Phi) is 27.6. The molecule has 1 aliphatic carbocycles. The van der Waals surface area contributed by atoms with Crippen LogP contribution in [0.5, 0.6) is 0 Å². The number of hydrogen-bond acceptors (Lipinski definition) is 8. The summed E-state index contributed by atoms with van der Waals surface area (Å²) in [6.45, 7) is 6.34. The molecule has 1 aliphatic rings. The Labute approximate surface area is 299 Å². The Morgan fingerprint density at radius 2 is 1.18 bits per heavy atom. The Morgan fingerprint density at radius 1 is 0.714 bits per heavy atom. The minimum Gasteiger partial charge on any atom is -0.463 e. The summed E-state index contributed by atoms with van der Waals surface area (Å²) in [7, 11) is 0. The largest absolute Gasteiger partial charge is 0.463 e. The van der Waals surface area contributed by atoms with Gasteiger partial charge in [0.25, 0.3) is 0 Å². The molecule has 1 fully saturated rings. The maximum Gasteiger partial charge on any atom is 0.305 e. The van der Waals surface area contributed by atoms with E-state index >= 15 is 0 Å². The molecule has 1 rings (SSSR count). The van der Waals surface area contributed by atoms with E-state index in [9.17, 15) is 29.7 Å². The fourth-order valence-electron chi connectivity index (χ4n) is 6.70. The van der Waals surface area contributed by atoms with Crippen molar-refractivity contribution < 1.29 is 39.2 Å². The molecule has 0 spiro atoms. The molecular weight excluding hydrogens is 620 g/mol. The normalized spacial score (nSPS) is 19.2. The molecule has 0 aliphatic heterocycles. The van der Waals surface area contributed by atoms with E-state index in [4.69, 9.17) is 9.47 Å². The van der Waals surface area contributed by atoms with E-state index in [0.29, 0.717) is 25.7 Å². The molecule has 0 saturated heterocycles. The Hall–Kier alpha value is -1.77. The van der Waals surface area contributed by atoms with Crippen LogP contribution in [0.4, 0.5) is 0 Å². The average molecular weight is 695 g/mol. The Balaban J connectivity index is 2.00. The highest BCUT2D eigenvalue weighted by atomic mass is 16.6. The molecule has 286 valence electrons. The van der Waals surface area contributed by atoms with Gasteiger partial charge in [0, 0.05) is 31.1 Å². The minimum absolute atomic E-state index is 0.0834. The minimum atomic E-state index is -1.04. The molecule has 0 amide bonds. The number of unbranched alkanes of at least 4 members (excludes halogenated alkanes) is 16. The number of hydrogen-bond donors (Lipinski definition) is 3. The van der Waals surface area contributed by atoms with Crippen molar-refractivity contribution in [1.82, 2.24) is 0 Å². The highest BCUT2D eigenvalue weighted by Gasteiger charge is 2.39. The van der Waals surface area contributed by atoms with Gasteiger partial charge >= 0.3 is 11.9 Å². The van der Waals surface area contributed by atoms with Crippen LogP contribution in [0.1, 0.15) is 181 Å². The summed E-state index contributed by atoms with van der Waals surface area (Å²) in [6, 6.07) is 0. The fraction of sp³-hybridized carbons (Fsp3) is 0.878. The molecule has 0 aromatic heterocycles. The molecule has 49 heavy (non-hydrogen) atoms. The first-order chi connectivity index (χ1) is 23.6. The first kappa shape index (κ1) is 45.3. The number of ketones is 1. The smallest absolute Gasteiger partial charge is 0.305 e. The standard InChI is InChI=1S/C41H74O8/c1-4-5-18-24-34(42)28-29-37-36(38(44)30-39(37)45)25-20-16-17-22-27-41(47)49-32-35(43)31-48-40(46)26-21-15-13-11-9-7-6-8-10-12-14-19-23-33(2)3/h28-29,33-37,39,42-43,45H,4-27,30-32H2,1-3H3/b29-28+/t34-,35-,36+,37+,39+/m0/s1. The van der Waals surface area contributed by atoms with E-state index in [1.165, 1.54) is 64.2 Å². The van der Waals surface area contributed by atoms with Gasteiger partial charge in [-0.15, -0.1) is 0 Å². The van der Waals surface area contributed by atoms with E-state index in [-0.39, 0.29) is 55.6 Å².